The van der Waals surface area contributed by atoms with E-state index >= 15 is 0 Å². The van der Waals surface area contributed by atoms with Crippen LogP contribution < -0.4 is 5.19 Å². The van der Waals surface area contributed by atoms with Crippen molar-refractivity contribution in [3.63, 3.8) is 0 Å². The fourth-order valence-electron chi connectivity index (χ4n) is 2.85. The van der Waals surface area contributed by atoms with Crippen molar-refractivity contribution in [3.8, 4) is 0 Å². The number of ether oxygens (including phenoxy) is 1. The molecule has 1 saturated carbocycles. The van der Waals surface area contributed by atoms with Crippen molar-refractivity contribution < 1.29 is 4.74 Å². The second-order valence-electron chi connectivity index (χ2n) is 8.12. The number of hydrogen-bond acceptors (Lipinski definition) is 1. The lowest BCUT2D eigenvalue weighted by molar-refractivity contribution is -0.00558. The van der Waals surface area contributed by atoms with E-state index in [0.29, 0.717) is 11.5 Å². The van der Waals surface area contributed by atoms with E-state index in [1.165, 1.54) is 36.4 Å². The van der Waals surface area contributed by atoms with Crippen LogP contribution in [0.15, 0.2) is 24.3 Å². The standard InChI is InChI=1S/C18H30OSi/c1-18(2)12-10-16(11-13-18)19-14-15-6-8-17(9-7-15)20(3,4)5/h6-9,16H,10-14H2,1-5H3. The molecule has 0 N–H and O–H groups in total. The predicted molar refractivity (Wildman–Crippen MR) is 90.2 cm³/mol. The minimum atomic E-state index is -1.17. The molecule has 0 spiro atoms. The molecular formula is C18H30OSi. The van der Waals surface area contributed by atoms with Gasteiger partial charge in [0.25, 0.3) is 0 Å². The molecule has 0 aliphatic heterocycles. The quantitative estimate of drug-likeness (QED) is 0.729. The molecule has 1 aromatic carbocycles. The maximum atomic E-state index is 6.10. The first-order chi connectivity index (χ1) is 9.26. The van der Waals surface area contributed by atoms with Gasteiger partial charge in [-0.3, -0.25) is 0 Å². The van der Waals surface area contributed by atoms with Gasteiger partial charge in [-0.2, -0.15) is 0 Å². The van der Waals surface area contributed by atoms with Gasteiger partial charge in [-0.05, 0) is 36.7 Å². The van der Waals surface area contributed by atoms with Gasteiger partial charge >= 0.3 is 0 Å². The summed E-state index contributed by atoms with van der Waals surface area (Å²) in [7, 11) is -1.17. The van der Waals surface area contributed by atoms with Gasteiger partial charge in [0, 0.05) is 0 Å². The molecule has 20 heavy (non-hydrogen) atoms. The summed E-state index contributed by atoms with van der Waals surface area (Å²) in [6.07, 6.45) is 5.51. The van der Waals surface area contributed by atoms with Crippen LogP contribution in [0.25, 0.3) is 0 Å². The topological polar surface area (TPSA) is 9.23 Å². The molecule has 1 aliphatic rings. The second kappa shape index (κ2) is 6.03. The highest BCUT2D eigenvalue weighted by Gasteiger charge is 2.27. The van der Waals surface area contributed by atoms with Crippen molar-refractivity contribution >= 4 is 13.3 Å². The molecule has 0 heterocycles. The molecule has 112 valence electrons. The Morgan fingerprint density at radius 2 is 1.60 bits per heavy atom. The van der Waals surface area contributed by atoms with E-state index in [1.807, 2.05) is 0 Å². The van der Waals surface area contributed by atoms with Crippen molar-refractivity contribution in [2.24, 2.45) is 5.41 Å². The molecule has 0 atom stereocenters. The lowest BCUT2D eigenvalue weighted by Crippen LogP contribution is -2.37. The van der Waals surface area contributed by atoms with Crippen molar-refractivity contribution in [1.82, 2.24) is 0 Å². The van der Waals surface area contributed by atoms with E-state index in [1.54, 1.807) is 0 Å². The molecule has 0 amide bonds. The van der Waals surface area contributed by atoms with E-state index in [0.717, 1.165) is 6.61 Å². The third-order valence-corrected chi connectivity index (χ3v) is 6.66. The first kappa shape index (κ1) is 15.8. The van der Waals surface area contributed by atoms with Gasteiger partial charge in [-0.1, -0.05) is 62.9 Å². The summed E-state index contributed by atoms with van der Waals surface area (Å²) in [6, 6.07) is 9.10. The Labute approximate surface area is 125 Å². The number of hydrogen-bond donors (Lipinski definition) is 0. The molecule has 0 unspecified atom stereocenters. The van der Waals surface area contributed by atoms with Gasteiger partial charge in [0.15, 0.2) is 0 Å². The highest BCUT2D eigenvalue weighted by Crippen LogP contribution is 2.36. The van der Waals surface area contributed by atoms with E-state index < -0.39 is 8.07 Å². The summed E-state index contributed by atoms with van der Waals surface area (Å²) in [5.41, 5.74) is 1.84. The van der Waals surface area contributed by atoms with Gasteiger partial charge in [-0.25, -0.2) is 0 Å². The molecule has 1 nitrogen and oxygen atoms in total. The smallest absolute Gasteiger partial charge is 0.0775 e. The van der Waals surface area contributed by atoms with Crippen LogP contribution in [0.4, 0.5) is 0 Å². The highest BCUT2D eigenvalue weighted by atomic mass is 28.3. The monoisotopic (exact) mass is 290 g/mol. The lowest BCUT2D eigenvalue weighted by Gasteiger charge is -2.34. The summed E-state index contributed by atoms with van der Waals surface area (Å²) in [6.45, 7) is 12.7. The molecule has 0 radical (unpaired) electrons. The zero-order chi connectivity index (χ0) is 14.8. The molecule has 2 heteroatoms. The minimum Gasteiger partial charge on any atom is -0.374 e. The highest BCUT2D eigenvalue weighted by molar-refractivity contribution is 6.88. The Balaban J connectivity index is 1.83. The van der Waals surface area contributed by atoms with Gasteiger partial charge in [0.2, 0.25) is 0 Å². The molecular weight excluding hydrogens is 260 g/mol. The molecule has 2 rings (SSSR count). The molecule has 1 aliphatic carbocycles. The van der Waals surface area contributed by atoms with Crippen molar-refractivity contribution in [2.45, 2.75) is 71.9 Å². The first-order valence-corrected chi connectivity index (χ1v) is 11.5. The zero-order valence-electron chi connectivity index (χ0n) is 13.8. The summed E-state index contributed by atoms with van der Waals surface area (Å²) in [5, 5.41) is 1.53. The average molecular weight is 291 g/mol. The van der Waals surface area contributed by atoms with Crippen LogP contribution in [0.2, 0.25) is 19.6 Å². The normalized spacial score (nSPS) is 20.1. The van der Waals surface area contributed by atoms with Crippen LogP contribution >= 0.6 is 0 Å². The lowest BCUT2D eigenvalue weighted by atomic mass is 9.76. The van der Waals surface area contributed by atoms with Crippen LogP contribution in [0.5, 0.6) is 0 Å². The average Bonchev–Trinajstić information content (AvgIpc) is 2.37. The Morgan fingerprint density at radius 3 is 2.10 bits per heavy atom. The predicted octanol–water partition coefficient (Wildman–Crippen LogP) is 4.72. The van der Waals surface area contributed by atoms with Gasteiger partial charge < -0.3 is 4.74 Å². The van der Waals surface area contributed by atoms with Crippen LogP contribution in [0.3, 0.4) is 0 Å². The fraction of sp³-hybridized carbons (Fsp3) is 0.667. The first-order valence-electron chi connectivity index (χ1n) is 7.97. The molecule has 0 saturated heterocycles. The van der Waals surface area contributed by atoms with Crippen LogP contribution in [0.1, 0.15) is 45.1 Å². The molecule has 1 fully saturated rings. The molecule has 0 bridgehead atoms. The van der Waals surface area contributed by atoms with E-state index in [4.69, 9.17) is 4.74 Å². The second-order valence-corrected chi connectivity index (χ2v) is 13.2. The number of benzene rings is 1. The Hall–Kier alpha value is -0.603. The van der Waals surface area contributed by atoms with Gasteiger partial charge in [0.05, 0.1) is 20.8 Å². The van der Waals surface area contributed by atoms with Crippen molar-refractivity contribution in [1.29, 1.82) is 0 Å². The number of rotatable bonds is 4. The van der Waals surface area contributed by atoms with Crippen molar-refractivity contribution in [3.05, 3.63) is 29.8 Å². The van der Waals surface area contributed by atoms with Gasteiger partial charge in [-0.15, -0.1) is 0 Å². The Kier molecular flexibility index (Phi) is 4.75. The Bertz CT molecular complexity index is 418. The van der Waals surface area contributed by atoms with Gasteiger partial charge in [0.1, 0.15) is 0 Å². The maximum Gasteiger partial charge on any atom is 0.0775 e. The van der Waals surface area contributed by atoms with E-state index in [9.17, 15) is 0 Å². The van der Waals surface area contributed by atoms with Crippen LogP contribution in [-0.4, -0.2) is 14.2 Å². The van der Waals surface area contributed by atoms with Crippen LogP contribution in [-0.2, 0) is 11.3 Å². The maximum absolute atomic E-state index is 6.10. The summed E-state index contributed by atoms with van der Waals surface area (Å²) in [5.74, 6) is 0. The SMILES string of the molecule is CC1(C)CCC(OCc2ccc([Si](C)(C)C)cc2)CC1. The third kappa shape index (κ3) is 4.46. The summed E-state index contributed by atoms with van der Waals surface area (Å²) >= 11 is 0. The Morgan fingerprint density at radius 1 is 1.05 bits per heavy atom. The third-order valence-electron chi connectivity index (χ3n) is 4.59. The summed E-state index contributed by atoms with van der Waals surface area (Å²) in [4.78, 5) is 0. The summed E-state index contributed by atoms with van der Waals surface area (Å²) < 4.78 is 6.10. The zero-order valence-corrected chi connectivity index (χ0v) is 14.8. The largest absolute Gasteiger partial charge is 0.374 e. The molecule has 1 aromatic rings. The minimum absolute atomic E-state index is 0.472. The van der Waals surface area contributed by atoms with E-state index in [-0.39, 0.29) is 0 Å². The molecule has 0 aromatic heterocycles. The van der Waals surface area contributed by atoms with Crippen LogP contribution in [0, 0.1) is 5.41 Å². The van der Waals surface area contributed by atoms with E-state index in [2.05, 4.69) is 57.8 Å². The fourth-order valence-corrected chi connectivity index (χ4v) is 4.02. The van der Waals surface area contributed by atoms with Crippen molar-refractivity contribution in [2.75, 3.05) is 0 Å².